The number of benzene rings is 2. The van der Waals surface area contributed by atoms with Crippen molar-refractivity contribution in [2.45, 2.75) is 95.7 Å². The summed E-state index contributed by atoms with van der Waals surface area (Å²) >= 11 is 11.0. The summed E-state index contributed by atoms with van der Waals surface area (Å²) in [4.78, 5) is 0. The lowest BCUT2D eigenvalue weighted by Crippen LogP contribution is -2.20. The summed E-state index contributed by atoms with van der Waals surface area (Å²) in [5, 5.41) is 1.46. The summed E-state index contributed by atoms with van der Waals surface area (Å²) in [7, 11) is 0. The lowest BCUT2D eigenvalue weighted by atomic mass is 9.97. The van der Waals surface area contributed by atoms with Crippen molar-refractivity contribution in [3.63, 3.8) is 0 Å². The fourth-order valence-corrected chi connectivity index (χ4v) is 5.55. The Balaban J connectivity index is 1.22. The third kappa shape index (κ3) is 8.19. The number of thiocarbonyl (C=S) groups is 2. The van der Waals surface area contributed by atoms with Crippen LogP contribution in [0.4, 0.5) is 0 Å². The van der Waals surface area contributed by atoms with Crippen LogP contribution in [0, 0.1) is 0 Å². The Morgan fingerprint density at radius 2 is 0.879 bits per heavy atom. The first kappa shape index (κ1) is 24.3. The molecule has 0 aromatic heterocycles. The number of hydrogen-bond donors (Lipinski definition) is 0. The molecule has 2 fully saturated rings. The Bertz CT molecular complexity index is 817. The monoisotopic (exact) mass is 480 g/mol. The van der Waals surface area contributed by atoms with Gasteiger partial charge in [-0.25, -0.2) is 0 Å². The lowest BCUT2D eigenvalue weighted by Gasteiger charge is -2.23. The van der Waals surface area contributed by atoms with E-state index in [1.54, 1.807) is 0 Å². The maximum Gasteiger partial charge on any atom is 0.164 e. The maximum absolute atomic E-state index is 6.02. The minimum absolute atomic E-state index is 0.335. The van der Waals surface area contributed by atoms with Crippen LogP contribution in [0.3, 0.4) is 0 Å². The first-order valence-corrected chi connectivity index (χ1v) is 13.5. The third-order valence-electron chi connectivity index (χ3n) is 6.85. The summed E-state index contributed by atoms with van der Waals surface area (Å²) in [5.41, 5.74) is 5.06. The number of hydrogen-bond acceptors (Lipinski definition) is 4. The predicted octanol–water partition coefficient (Wildman–Crippen LogP) is 7.72. The lowest BCUT2D eigenvalue weighted by molar-refractivity contribution is 0.144. The number of rotatable bonds is 8. The van der Waals surface area contributed by atoms with Crippen LogP contribution in [0.5, 0.6) is 0 Å². The third-order valence-corrected chi connectivity index (χ3v) is 7.33. The minimum atomic E-state index is 0.335. The fourth-order valence-electron chi connectivity index (χ4n) is 4.94. The van der Waals surface area contributed by atoms with Gasteiger partial charge < -0.3 is 9.47 Å². The molecule has 0 N–H and O–H groups in total. The van der Waals surface area contributed by atoms with Crippen LogP contribution in [0.25, 0.3) is 0 Å². The van der Waals surface area contributed by atoms with E-state index >= 15 is 0 Å². The van der Waals surface area contributed by atoms with E-state index in [0.717, 1.165) is 55.0 Å². The molecule has 0 aliphatic heterocycles. The second-order valence-corrected chi connectivity index (χ2v) is 10.6. The zero-order valence-corrected chi connectivity index (χ0v) is 21.2. The van der Waals surface area contributed by atoms with Gasteiger partial charge in [0.15, 0.2) is 10.1 Å². The van der Waals surface area contributed by atoms with Gasteiger partial charge in [0.2, 0.25) is 0 Å². The van der Waals surface area contributed by atoms with Gasteiger partial charge in [0, 0.05) is 12.8 Å². The van der Waals surface area contributed by atoms with E-state index in [9.17, 15) is 0 Å². The molecule has 2 saturated carbocycles. The highest BCUT2D eigenvalue weighted by atomic mass is 32.1. The predicted molar refractivity (Wildman–Crippen MR) is 144 cm³/mol. The standard InChI is InChI=1S/C29H36O2S2/c32-28(30-26-7-3-1-4-8-26)20-24-15-11-22(12-16-24)19-23-13-17-25(18-14-23)21-29(33)31-27-9-5-2-6-10-27/h11-18,26-27H,1-10,19-21H2. The molecule has 33 heavy (non-hydrogen) atoms. The van der Waals surface area contributed by atoms with Crippen LogP contribution in [-0.2, 0) is 28.7 Å². The van der Waals surface area contributed by atoms with Gasteiger partial charge >= 0.3 is 0 Å². The van der Waals surface area contributed by atoms with Crippen molar-refractivity contribution in [1.29, 1.82) is 0 Å². The minimum Gasteiger partial charge on any atom is -0.484 e. The molecule has 2 aliphatic carbocycles. The Morgan fingerprint density at radius 1 is 0.545 bits per heavy atom. The van der Waals surface area contributed by atoms with E-state index in [0.29, 0.717) is 12.2 Å². The summed E-state index contributed by atoms with van der Waals surface area (Å²) in [6.45, 7) is 0. The SMILES string of the molecule is S=C(Cc1ccc(Cc2ccc(CC(=S)OC3CCCCC3)cc2)cc1)OC1CCCCC1. The van der Waals surface area contributed by atoms with Crippen LogP contribution in [0.15, 0.2) is 48.5 Å². The molecule has 4 rings (SSSR count). The van der Waals surface area contributed by atoms with Gasteiger partial charge in [-0.05, 0) is 104 Å². The fraction of sp³-hybridized carbons (Fsp3) is 0.517. The van der Waals surface area contributed by atoms with Crippen LogP contribution >= 0.6 is 24.4 Å². The molecule has 0 heterocycles. The van der Waals surface area contributed by atoms with Gasteiger partial charge in [-0.1, -0.05) is 61.4 Å². The Labute approximate surface area is 210 Å². The molecule has 4 heteroatoms. The van der Waals surface area contributed by atoms with Crippen molar-refractivity contribution < 1.29 is 9.47 Å². The molecule has 0 saturated heterocycles. The van der Waals surface area contributed by atoms with Gasteiger partial charge in [-0.15, -0.1) is 0 Å². The van der Waals surface area contributed by atoms with Crippen LogP contribution in [0.1, 0.15) is 86.5 Å². The normalized spacial score (nSPS) is 17.5. The van der Waals surface area contributed by atoms with Crippen molar-refractivity contribution in [2.75, 3.05) is 0 Å². The van der Waals surface area contributed by atoms with E-state index in [-0.39, 0.29) is 0 Å². The van der Waals surface area contributed by atoms with E-state index < -0.39 is 0 Å². The van der Waals surface area contributed by atoms with E-state index in [2.05, 4.69) is 48.5 Å². The largest absolute Gasteiger partial charge is 0.484 e. The Hall–Kier alpha value is -1.78. The molecule has 176 valence electrons. The van der Waals surface area contributed by atoms with Gasteiger partial charge in [-0.3, -0.25) is 0 Å². The van der Waals surface area contributed by atoms with E-state index in [4.69, 9.17) is 33.9 Å². The van der Waals surface area contributed by atoms with Gasteiger partial charge in [0.25, 0.3) is 0 Å². The van der Waals surface area contributed by atoms with E-state index in [1.807, 2.05) is 0 Å². The molecule has 0 spiro atoms. The van der Waals surface area contributed by atoms with Crippen molar-refractivity contribution in [3.05, 3.63) is 70.8 Å². The quantitative estimate of drug-likeness (QED) is 0.360. The van der Waals surface area contributed by atoms with Gasteiger partial charge in [0.1, 0.15) is 0 Å². The summed E-state index contributed by atoms with van der Waals surface area (Å²) in [6.07, 6.45) is 15.4. The molecule has 0 amide bonds. The van der Waals surface area contributed by atoms with Crippen molar-refractivity contribution in [3.8, 4) is 0 Å². The highest BCUT2D eigenvalue weighted by Crippen LogP contribution is 2.22. The van der Waals surface area contributed by atoms with Crippen molar-refractivity contribution in [1.82, 2.24) is 0 Å². The van der Waals surface area contributed by atoms with Crippen molar-refractivity contribution in [2.24, 2.45) is 0 Å². The maximum atomic E-state index is 6.02. The molecule has 0 unspecified atom stereocenters. The second kappa shape index (κ2) is 12.6. The molecular formula is C29H36O2S2. The van der Waals surface area contributed by atoms with Crippen LogP contribution in [0.2, 0.25) is 0 Å². The highest BCUT2D eigenvalue weighted by molar-refractivity contribution is 7.80. The smallest absolute Gasteiger partial charge is 0.164 e. The Morgan fingerprint density at radius 3 is 1.24 bits per heavy atom. The topological polar surface area (TPSA) is 18.5 Å². The molecular weight excluding hydrogens is 444 g/mol. The first-order valence-electron chi connectivity index (χ1n) is 12.7. The Kier molecular flexibility index (Phi) is 9.31. The summed E-state index contributed by atoms with van der Waals surface area (Å²) in [6, 6.07) is 17.6. The first-order chi connectivity index (χ1) is 16.1. The molecule has 0 atom stereocenters. The summed E-state index contributed by atoms with van der Waals surface area (Å²) in [5.74, 6) is 0. The van der Waals surface area contributed by atoms with Gasteiger partial charge in [0.05, 0.1) is 12.2 Å². The molecule has 0 bridgehead atoms. The highest BCUT2D eigenvalue weighted by Gasteiger charge is 2.17. The summed E-state index contributed by atoms with van der Waals surface area (Å²) < 4.78 is 12.0. The average Bonchev–Trinajstić information content (AvgIpc) is 2.83. The number of ether oxygens (including phenoxy) is 2. The van der Waals surface area contributed by atoms with Crippen LogP contribution < -0.4 is 0 Å². The van der Waals surface area contributed by atoms with Crippen molar-refractivity contribution >= 4 is 34.5 Å². The second-order valence-electron chi connectivity index (χ2n) is 9.66. The van der Waals surface area contributed by atoms with E-state index in [1.165, 1.54) is 60.8 Å². The molecule has 0 radical (unpaired) electrons. The zero-order valence-electron chi connectivity index (χ0n) is 19.6. The van der Waals surface area contributed by atoms with Crippen LogP contribution in [-0.4, -0.2) is 22.3 Å². The molecule has 2 aromatic rings. The zero-order chi connectivity index (χ0) is 22.9. The average molecular weight is 481 g/mol. The van der Waals surface area contributed by atoms with Gasteiger partial charge in [-0.2, -0.15) is 0 Å². The molecule has 2 nitrogen and oxygen atoms in total. The molecule has 2 aromatic carbocycles. The molecule has 2 aliphatic rings.